The summed E-state index contributed by atoms with van der Waals surface area (Å²) in [6.45, 7) is 6.18. The lowest BCUT2D eigenvalue weighted by Gasteiger charge is -2.24. The predicted octanol–water partition coefficient (Wildman–Crippen LogP) is 6.56. The molecule has 1 aromatic heterocycles. The van der Waals surface area contributed by atoms with Crippen LogP contribution in [0.5, 0.6) is 0 Å². The molecule has 0 saturated heterocycles. The first kappa shape index (κ1) is 31.3. The Morgan fingerprint density at radius 2 is 1.48 bits per heavy atom. The normalized spacial score (nSPS) is 12.3. The van der Waals surface area contributed by atoms with Crippen molar-refractivity contribution in [1.29, 1.82) is 0 Å². The molecular weight excluding hydrogens is 584 g/mol. The Morgan fingerprint density at radius 1 is 0.833 bits per heavy atom. The number of carbonyl (C=O) groups is 1. The van der Waals surface area contributed by atoms with Crippen molar-refractivity contribution in [3.8, 4) is 11.1 Å². The number of ketones is 1. The van der Waals surface area contributed by atoms with Gasteiger partial charge in [0.05, 0.1) is 16.3 Å². The molecule has 0 radical (unpaired) electrons. The first-order chi connectivity index (χ1) is 19.7. The molecular formula is C31H31F2NO6S2. The molecule has 42 heavy (non-hydrogen) atoms. The second kappa shape index (κ2) is 12.3. The van der Waals surface area contributed by atoms with Crippen LogP contribution in [0.4, 0.5) is 8.78 Å². The Bertz CT molecular complexity index is 1810. The van der Waals surface area contributed by atoms with Crippen LogP contribution in [0, 0.1) is 20.8 Å². The van der Waals surface area contributed by atoms with E-state index < -0.39 is 43.6 Å². The van der Waals surface area contributed by atoms with E-state index in [-0.39, 0.29) is 28.6 Å². The highest BCUT2D eigenvalue weighted by Crippen LogP contribution is 2.30. The van der Waals surface area contributed by atoms with Crippen molar-refractivity contribution < 1.29 is 34.8 Å². The van der Waals surface area contributed by atoms with Crippen LogP contribution in [0.3, 0.4) is 0 Å². The number of rotatable bonds is 11. The van der Waals surface area contributed by atoms with Crippen molar-refractivity contribution in [2.45, 2.75) is 57.0 Å². The minimum absolute atomic E-state index is 0.0296. The molecule has 0 aliphatic carbocycles. The van der Waals surface area contributed by atoms with Crippen LogP contribution in [-0.2, 0) is 37.7 Å². The summed E-state index contributed by atoms with van der Waals surface area (Å²) in [5.74, 6) is -1.51. The Morgan fingerprint density at radius 3 is 2.05 bits per heavy atom. The average molecular weight is 616 g/mol. The molecule has 7 nitrogen and oxygen atoms in total. The van der Waals surface area contributed by atoms with E-state index in [0.29, 0.717) is 27.8 Å². The first-order valence-electron chi connectivity index (χ1n) is 13.0. The minimum Gasteiger partial charge on any atom is -0.459 e. The molecule has 1 heterocycles. The van der Waals surface area contributed by atoms with Gasteiger partial charge in [-0.25, -0.2) is 25.6 Å². The molecule has 0 atom stereocenters. The number of sulfonamides is 1. The highest BCUT2D eigenvalue weighted by atomic mass is 32.2. The first-order valence-corrected chi connectivity index (χ1v) is 16.1. The Balaban J connectivity index is 1.68. The second-order valence-corrected chi connectivity index (χ2v) is 14.2. The SMILES string of the molecule is CC(=O)CS(=O)(=O)c1cccc(-c2ccc(CN(Cc3ccc(C(F)F)o3)S(=O)(=O)c3c(C)cc(C)cc3C)cc2)c1. The highest BCUT2D eigenvalue weighted by molar-refractivity contribution is 7.92. The van der Waals surface area contributed by atoms with Crippen molar-refractivity contribution in [1.82, 2.24) is 4.31 Å². The van der Waals surface area contributed by atoms with Gasteiger partial charge in [0.25, 0.3) is 6.43 Å². The summed E-state index contributed by atoms with van der Waals surface area (Å²) in [5, 5.41) is 0. The maximum Gasteiger partial charge on any atom is 0.295 e. The van der Waals surface area contributed by atoms with Gasteiger partial charge in [-0.05, 0) is 79.8 Å². The van der Waals surface area contributed by atoms with Gasteiger partial charge in [0, 0.05) is 6.54 Å². The van der Waals surface area contributed by atoms with Crippen molar-refractivity contribution in [3.63, 3.8) is 0 Å². The van der Waals surface area contributed by atoms with Gasteiger partial charge < -0.3 is 4.42 Å². The molecule has 3 aromatic carbocycles. The molecule has 4 aromatic rings. The molecule has 0 amide bonds. The van der Waals surface area contributed by atoms with Crippen LogP contribution in [0.25, 0.3) is 11.1 Å². The smallest absolute Gasteiger partial charge is 0.295 e. The molecule has 0 unspecified atom stereocenters. The number of halogens is 2. The number of alkyl halides is 2. The number of nitrogens with zero attached hydrogens (tertiary/aromatic N) is 1. The van der Waals surface area contributed by atoms with E-state index >= 15 is 0 Å². The third kappa shape index (κ3) is 7.03. The Labute approximate surface area is 244 Å². The van der Waals surface area contributed by atoms with E-state index in [1.807, 2.05) is 6.92 Å². The topological polar surface area (TPSA) is 102 Å². The summed E-state index contributed by atoms with van der Waals surface area (Å²) in [4.78, 5) is 11.6. The fraction of sp³-hybridized carbons (Fsp3) is 0.258. The van der Waals surface area contributed by atoms with E-state index in [1.54, 1.807) is 62.4 Å². The van der Waals surface area contributed by atoms with Gasteiger partial charge in [-0.15, -0.1) is 0 Å². The number of benzene rings is 3. The number of sulfone groups is 1. The largest absolute Gasteiger partial charge is 0.459 e. The third-order valence-electron chi connectivity index (χ3n) is 6.66. The lowest BCUT2D eigenvalue weighted by atomic mass is 10.0. The monoisotopic (exact) mass is 615 g/mol. The molecule has 0 saturated carbocycles. The number of Topliss-reactive ketones (excluding diaryl/α,β-unsaturated/α-hetero) is 1. The van der Waals surface area contributed by atoms with Crippen LogP contribution in [-0.4, -0.2) is 32.7 Å². The van der Waals surface area contributed by atoms with Gasteiger partial charge in [0.1, 0.15) is 17.3 Å². The molecule has 0 fully saturated rings. The Hall–Kier alpha value is -3.67. The summed E-state index contributed by atoms with van der Waals surface area (Å²) < 4.78 is 85.8. The van der Waals surface area contributed by atoms with Crippen LogP contribution in [0.15, 0.2) is 87.0 Å². The lowest BCUT2D eigenvalue weighted by molar-refractivity contribution is -0.114. The van der Waals surface area contributed by atoms with E-state index in [2.05, 4.69) is 0 Å². The summed E-state index contributed by atoms with van der Waals surface area (Å²) >= 11 is 0. The summed E-state index contributed by atoms with van der Waals surface area (Å²) in [6, 6.07) is 19.2. The fourth-order valence-corrected chi connectivity index (χ4v) is 8.03. The number of hydrogen-bond acceptors (Lipinski definition) is 6. The molecule has 4 rings (SSSR count). The number of aryl methyl sites for hydroxylation is 3. The maximum absolute atomic E-state index is 14.0. The molecule has 11 heteroatoms. The van der Waals surface area contributed by atoms with Crippen molar-refractivity contribution in [2.24, 2.45) is 0 Å². The van der Waals surface area contributed by atoms with Gasteiger partial charge in [0.15, 0.2) is 15.6 Å². The molecule has 0 N–H and O–H groups in total. The van der Waals surface area contributed by atoms with Crippen LogP contribution in [0.2, 0.25) is 0 Å². The van der Waals surface area contributed by atoms with E-state index in [1.165, 1.54) is 29.4 Å². The summed E-state index contributed by atoms with van der Waals surface area (Å²) in [7, 11) is -7.87. The van der Waals surface area contributed by atoms with Gasteiger partial charge >= 0.3 is 0 Å². The van der Waals surface area contributed by atoms with E-state index in [4.69, 9.17) is 4.42 Å². The zero-order valence-electron chi connectivity index (χ0n) is 23.6. The Kier molecular flexibility index (Phi) is 9.15. The predicted molar refractivity (Wildman–Crippen MR) is 155 cm³/mol. The molecule has 222 valence electrons. The van der Waals surface area contributed by atoms with Crippen LogP contribution in [0.1, 0.15) is 47.1 Å². The number of carbonyl (C=O) groups excluding carboxylic acids is 1. The van der Waals surface area contributed by atoms with Crippen molar-refractivity contribution in [3.05, 3.63) is 107 Å². The molecule has 0 aliphatic heterocycles. The fourth-order valence-electron chi connectivity index (χ4n) is 4.93. The molecule has 0 bridgehead atoms. The minimum atomic E-state index is -4.09. The summed E-state index contributed by atoms with van der Waals surface area (Å²) in [5.41, 5.74) is 3.96. The third-order valence-corrected chi connectivity index (χ3v) is 10.5. The van der Waals surface area contributed by atoms with Gasteiger partial charge in [-0.3, -0.25) is 4.79 Å². The van der Waals surface area contributed by atoms with E-state index in [9.17, 15) is 30.4 Å². The average Bonchev–Trinajstić information content (AvgIpc) is 3.36. The van der Waals surface area contributed by atoms with Crippen LogP contribution >= 0.6 is 0 Å². The van der Waals surface area contributed by atoms with Crippen molar-refractivity contribution >= 4 is 25.6 Å². The zero-order chi connectivity index (χ0) is 30.8. The molecule has 0 aliphatic rings. The van der Waals surface area contributed by atoms with E-state index in [0.717, 1.165) is 11.6 Å². The highest BCUT2D eigenvalue weighted by Gasteiger charge is 2.30. The zero-order valence-corrected chi connectivity index (χ0v) is 25.2. The number of hydrogen-bond donors (Lipinski definition) is 0. The van der Waals surface area contributed by atoms with Crippen LogP contribution < -0.4 is 0 Å². The standard InChI is InChI=1S/C31H31F2NO6S2/c1-20-14-21(2)30(22(3)15-20)42(38,39)34(18-27-12-13-29(40-27)31(32)33)17-24-8-10-25(11-9-24)26-6-5-7-28(16-26)41(36,37)19-23(4)35/h5-16,31H,17-19H2,1-4H3. The quantitative estimate of drug-likeness (QED) is 0.189. The van der Waals surface area contributed by atoms with Gasteiger partial charge in [0.2, 0.25) is 10.0 Å². The van der Waals surface area contributed by atoms with Gasteiger partial charge in [-0.1, -0.05) is 54.1 Å². The second-order valence-electron chi connectivity index (χ2n) is 10.3. The maximum atomic E-state index is 14.0. The molecule has 0 spiro atoms. The van der Waals surface area contributed by atoms with Gasteiger partial charge in [-0.2, -0.15) is 4.31 Å². The summed E-state index contributed by atoms with van der Waals surface area (Å²) in [6.07, 6.45) is -2.83. The van der Waals surface area contributed by atoms with Crippen molar-refractivity contribution in [2.75, 3.05) is 5.75 Å². The number of furan rings is 1. The lowest BCUT2D eigenvalue weighted by Crippen LogP contribution is -2.31.